The van der Waals surface area contributed by atoms with Crippen molar-refractivity contribution < 1.29 is 4.79 Å². The van der Waals surface area contributed by atoms with E-state index in [1.54, 1.807) is 6.07 Å². The highest BCUT2D eigenvalue weighted by Crippen LogP contribution is 2.24. The first-order valence-corrected chi connectivity index (χ1v) is 9.45. The number of hydrogen-bond donors (Lipinski definition) is 1. The first kappa shape index (κ1) is 19.1. The Morgan fingerprint density at radius 1 is 1.07 bits per heavy atom. The molecule has 0 radical (unpaired) electrons. The number of aryl methyl sites for hydroxylation is 1. The van der Waals surface area contributed by atoms with E-state index < -0.39 is 0 Å². The normalized spacial score (nSPS) is 15.0. The Kier molecular flexibility index (Phi) is 5.35. The molecule has 0 bridgehead atoms. The quantitative estimate of drug-likeness (QED) is 0.902. The van der Waals surface area contributed by atoms with Gasteiger partial charge >= 0.3 is 0 Å². The highest BCUT2D eigenvalue weighted by Gasteiger charge is 2.24. The zero-order valence-corrected chi connectivity index (χ0v) is 16.9. The monoisotopic (exact) mass is 367 g/mol. The van der Waals surface area contributed by atoms with Crippen LogP contribution in [0.5, 0.6) is 0 Å². The third-order valence-electron chi connectivity index (χ3n) is 4.87. The molecule has 6 nitrogen and oxygen atoms in total. The highest BCUT2D eigenvalue weighted by atomic mass is 16.2. The van der Waals surface area contributed by atoms with Gasteiger partial charge in [0, 0.05) is 43.5 Å². The van der Waals surface area contributed by atoms with Crippen molar-refractivity contribution in [3.8, 4) is 0 Å². The standard InChI is InChI=1S/C21H29N5O/c1-15-7-6-8-18(16(15)2)25-9-11-26(12-10-25)20(27)17-13-19(23-14-22-17)24-21(3,4)5/h6-8,13-14H,9-12H2,1-5H3,(H,22,23,24). The lowest BCUT2D eigenvalue weighted by Gasteiger charge is -2.37. The zero-order valence-electron chi connectivity index (χ0n) is 16.9. The van der Waals surface area contributed by atoms with E-state index in [4.69, 9.17) is 0 Å². The Hall–Kier alpha value is -2.63. The van der Waals surface area contributed by atoms with Gasteiger partial charge in [-0.1, -0.05) is 12.1 Å². The molecule has 1 N–H and O–H groups in total. The Morgan fingerprint density at radius 3 is 2.44 bits per heavy atom. The van der Waals surface area contributed by atoms with Crippen LogP contribution in [0.4, 0.5) is 11.5 Å². The van der Waals surface area contributed by atoms with Crippen LogP contribution >= 0.6 is 0 Å². The van der Waals surface area contributed by atoms with Gasteiger partial charge < -0.3 is 15.1 Å². The fourth-order valence-corrected chi connectivity index (χ4v) is 3.32. The third-order valence-corrected chi connectivity index (χ3v) is 4.87. The van der Waals surface area contributed by atoms with E-state index in [-0.39, 0.29) is 11.4 Å². The molecule has 1 aliphatic heterocycles. The topological polar surface area (TPSA) is 61.4 Å². The van der Waals surface area contributed by atoms with Crippen LogP contribution in [0.25, 0.3) is 0 Å². The Bertz CT molecular complexity index is 820. The molecule has 3 rings (SSSR count). The van der Waals surface area contributed by atoms with Crippen molar-refractivity contribution in [1.29, 1.82) is 0 Å². The van der Waals surface area contributed by atoms with Crippen LogP contribution in [0.3, 0.4) is 0 Å². The van der Waals surface area contributed by atoms with Crippen LogP contribution in [-0.2, 0) is 0 Å². The van der Waals surface area contributed by atoms with Crippen LogP contribution < -0.4 is 10.2 Å². The molecule has 1 aromatic heterocycles. The van der Waals surface area contributed by atoms with Crippen molar-refractivity contribution in [2.75, 3.05) is 36.4 Å². The second-order valence-electron chi connectivity index (χ2n) is 8.16. The minimum Gasteiger partial charge on any atom is -0.368 e. The lowest BCUT2D eigenvalue weighted by Crippen LogP contribution is -2.49. The summed E-state index contributed by atoms with van der Waals surface area (Å²) < 4.78 is 0. The molecule has 0 spiro atoms. The van der Waals surface area contributed by atoms with Crippen molar-refractivity contribution in [3.05, 3.63) is 47.4 Å². The van der Waals surface area contributed by atoms with Gasteiger partial charge in [0.25, 0.3) is 5.91 Å². The molecule has 0 aliphatic carbocycles. The highest BCUT2D eigenvalue weighted by molar-refractivity contribution is 5.93. The number of amides is 1. The van der Waals surface area contributed by atoms with Gasteiger partial charge in [-0.15, -0.1) is 0 Å². The third kappa shape index (κ3) is 4.56. The Labute approximate surface area is 161 Å². The number of carbonyl (C=O) groups excluding carboxylic acids is 1. The average Bonchev–Trinajstić information content (AvgIpc) is 2.62. The molecule has 1 aliphatic rings. The molecule has 0 unspecified atom stereocenters. The van der Waals surface area contributed by atoms with Crippen LogP contribution in [0.1, 0.15) is 42.4 Å². The number of hydrogen-bond acceptors (Lipinski definition) is 5. The molecule has 6 heteroatoms. The second kappa shape index (κ2) is 7.55. The minimum absolute atomic E-state index is 0.0324. The van der Waals surface area contributed by atoms with E-state index >= 15 is 0 Å². The number of nitrogens with one attached hydrogen (secondary N) is 1. The van der Waals surface area contributed by atoms with E-state index in [1.165, 1.54) is 23.1 Å². The van der Waals surface area contributed by atoms with Crippen LogP contribution in [0.15, 0.2) is 30.6 Å². The van der Waals surface area contributed by atoms with E-state index in [1.807, 2.05) is 4.90 Å². The molecule has 1 saturated heterocycles. The predicted molar refractivity (Wildman–Crippen MR) is 109 cm³/mol. The molecular weight excluding hydrogens is 338 g/mol. The summed E-state index contributed by atoms with van der Waals surface area (Å²) in [6.45, 7) is 13.5. The van der Waals surface area contributed by atoms with Gasteiger partial charge in [-0.05, 0) is 51.8 Å². The number of anilines is 2. The van der Waals surface area contributed by atoms with Gasteiger partial charge in [-0.3, -0.25) is 4.79 Å². The van der Waals surface area contributed by atoms with Crippen molar-refractivity contribution >= 4 is 17.4 Å². The van der Waals surface area contributed by atoms with Crippen LogP contribution in [-0.4, -0.2) is 52.5 Å². The summed E-state index contributed by atoms with van der Waals surface area (Å²) in [7, 11) is 0. The van der Waals surface area contributed by atoms with Gasteiger partial charge in [-0.2, -0.15) is 0 Å². The molecule has 2 heterocycles. The molecule has 2 aromatic rings. The maximum atomic E-state index is 12.9. The van der Waals surface area contributed by atoms with Gasteiger partial charge in [-0.25, -0.2) is 9.97 Å². The molecule has 1 fully saturated rings. The summed E-state index contributed by atoms with van der Waals surface area (Å²) in [5.74, 6) is 0.643. The molecule has 1 amide bonds. The lowest BCUT2D eigenvalue weighted by molar-refractivity contribution is 0.0740. The second-order valence-corrected chi connectivity index (χ2v) is 8.16. The fourth-order valence-electron chi connectivity index (χ4n) is 3.32. The molecule has 0 atom stereocenters. The van der Waals surface area contributed by atoms with Crippen molar-refractivity contribution in [2.24, 2.45) is 0 Å². The minimum atomic E-state index is -0.119. The molecule has 27 heavy (non-hydrogen) atoms. The van der Waals surface area contributed by atoms with Crippen molar-refractivity contribution in [3.63, 3.8) is 0 Å². The maximum absolute atomic E-state index is 12.9. The van der Waals surface area contributed by atoms with E-state index in [2.05, 4.69) is 73.0 Å². The number of piperazine rings is 1. The van der Waals surface area contributed by atoms with Gasteiger partial charge in [0.2, 0.25) is 0 Å². The Morgan fingerprint density at radius 2 is 1.78 bits per heavy atom. The zero-order chi connectivity index (χ0) is 19.6. The molecule has 1 aromatic carbocycles. The fraction of sp³-hybridized carbons (Fsp3) is 0.476. The Balaban J connectivity index is 1.67. The SMILES string of the molecule is Cc1cccc(N2CCN(C(=O)c3cc(NC(C)(C)C)ncn3)CC2)c1C. The number of nitrogens with zero attached hydrogens (tertiary/aromatic N) is 4. The summed E-state index contributed by atoms with van der Waals surface area (Å²) in [5.41, 5.74) is 4.20. The smallest absolute Gasteiger partial charge is 0.272 e. The first-order chi connectivity index (χ1) is 12.7. The molecule has 0 saturated carbocycles. The van der Waals surface area contributed by atoms with Gasteiger partial charge in [0.05, 0.1) is 0 Å². The van der Waals surface area contributed by atoms with Crippen LogP contribution in [0, 0.1) is 13.8 Å². The summed E-state index contributed by atoms with van der Waals surface area (Å²) in [4.78, 5) is 25.5. The summed E-state index contributed by atoms with van der Waals surface area (Å²) >= 11 is 0. The predicted octanol–water partition coefficient (Wildman–Crippen LogP) is 3.27. The van der Waals surface area contributed by atoms with Gasteiger partial charge in [0.1, 0.15) is 17.8 Å². The number of aromatic nitrogens is 2. The largest absolute Gasteiger partial charge is 0.368 e. The molecular formula is C21H29N5O. The maximum Gasteiger partial charge on any atom is 0.272 e. The van der Waals surface area contributed by atoms with Crippen LogP contribution in [0.2, 0.25) is 0 Å². The summed E-state index contributed by atoms with van der Waals surface area (Å²) in [5, 5.41) is 3.29. The summed E-state index contributed by atoms with van der Waals surface area (Å²) in [6.07, 6.45) is 1.45. The number of carbonyl (C=O) groups is 1. The summed E-state index contributed by atoms with van der Waals surface area (Å²) in [6, 6.07) is 8.14. The average molecular weight is 367 g/mol. The van der Waals surface area contributed by atoms with E-state index in [0.717, 1.165) is 13.1 Å². The van der Waals surface area contributed by atoms with E-state index in [0.29, 0.717) is 24.6 Å². The lowest BCUT2D eigenvalue weighted by atomic mass is 10.1. The molecule has 144 valence electrons. The first-order valence-electron chi connectivity index (χ1n) is 9.45. The van der Waals surface area contributed by atoms with Gasteiger partial charge in [0.15, 0.2) is 0 Å². The number of rotatable bonds is 3. The van der Waals surface area contributed by atoms with E-state index in [9.17, 15) is 4.79 Å². The van der Waals surface area contributed by atoms with Crippen molar-refractivity contribution in [2.45, 2.75) is 40.2 Å². The van der Waals surface area contributed by atoms with Crippen molar-refractivity contribution in [1.82, 2.24) is 14.9 Å². The number of benzene rings is 1.